The van der Waals surface area contributed by atoms with Gasteiger partial charge in [0.2, 0.25) is 0 Å². The van der Waals surface area contributed by atoms with Gasteiger partial charge in [-0.3, -0.25) is 0 Å². The summed E-state index contributed by atoms with van der Waals surface area (Å²) in [5.41, 5.74) is 15.0. The highest BCUT2D eigenvalue weighted by molar-refractivity contribution is 6.15. The molecule has 0 aliphatic carbocycles. The maximum Gasteiger partial charge on any atom is 0.160 e. The van der Waals surface area contributed by atoms with Gasteiger partial charge in [-0.2, -0.15) is 0 Å². The predicted molar refractivity (Wildman–Crippen MR) is 240 cm³/mol. The zero-order chi connectivity index (χ0) is 37.9. The van der Waals surface area contributed by atoms with Crippen LogP contribution >= 0.6 is 0 Å². The van der Waals surface area contributed by atoms with E-state index in [0.29, 0.717) is 0 Å². The SMILES string of the molecule is c1ccc(-n2c3ccccc3c3cc(-c4ccc5c(c4)c4ccccc4n5-c4ccc(-c5ccc6c7ccccc7n7c6c5Oc5ccccc5-7)cc4)ccc32)cc1. The molecule has 0 saturated heterocycles. The molecule has 13 rings (SSSR count). The Morgan fingerprint density at radius 1 is 0.310 bits per heavy atom. The van der Waals surface area contributed by atoms with Crippen molar-refractivity contribution in [2.24, 2.45) is 0 Å². The van der Waals surface area contributed by atoms with E-state index in [1.165, 1.54) is 76.7 Å². The smallest absolute Gasteiger partial charge is 0.160 e. The number of aromatic nitrogens is 3. The van der Waals surface area contributed by atoms with E-state index in [1.807, 2.05) is 6.07 Å². The molecular formula is C54H33N3O. The van der Waals surface area contributed by atoms with E-state index in [2.05, 4.69) is 208 Å². The zero-order valence-electron chi connectivity index (χ0n) is 31.3. The number of hydrogen-bond acceptors (Lipinski definition) is 1. The van der Waals surface area contributed by atoms with Crippen LogP contribution in [0.5, 0.6) is 11.5 Å². The van der Waals surface area contributed by atoms with Gasteiger partial charge in [0, 0.05) is 49.3 Å². The van der Waals surface area contributed by atoms with E-state index >= 15 is 0 Å². The lowest BCUT2D eigenvalue weighted by Crippen LogP contribution is -2.05. The summed E-state index contributed by atoms with van der Waals surface area (Å²) in [6.45, 7) is 0. The van der Waals surface area contributed by atoms with Crippen LogP contribution in [0.4, 0.5) is 0 Å². The predicted octanol–water partition coefficient (Wildman–Crippen LogP) is 14.4. The number of para-hydroxylation sites is 6. The fourth-order valence-electron chi connectivity index (χ4n) is 9.67. The van der Waals surface area contributed by atoms with Crippen molar-refractivity contribution in [2.75, 3.05) is 0 Å². The van der Waals surface area contributed by atoms with Gasteiger partial charge in [0.1, 0.15) is 0 Å². The van der Waals surface area contributed by atoms with Crippen LogP contribution in [0, 0.1) is 0 Å². The highest BCUT2D eigenvalue weighted by Crippen LogP contribution is 2.49. The molecule has 3 aromatic heterocycles. The molecule has 1 aliphatic heterocycles. The molecule has 0 unspecified atom stereocenters. The van der Waals surface area contributed by atoms with Gasteiger partial charge in [-0.1, -0.05) is 115 Å². The van der Waals surface area contributed by atoms with Gasteiger partial charge in [-0.15, -0.1) is 0 Å². The average molecular weight is 740 g/mol. The first kappa shape index (κ1) is 31.4. The van der Waals surface area contributed by atoms with Gasteiger partial charge in [-0.25, -0.2) is 0 Å². The fraction of sp³-hybridized carbons (Fsp3) is 0. The van der Waals surface area contributed by atoms with Crippen molar-refractivity contribution in [3.8, 4) is 50.8 Å². The van der Waals surface area contributed by atoms with Crippen LogP contribution < -0.4 is 4.74 Å². The van der Waals surface area contributed by atoms with Crippen molar-refractivity contribution in [1.29, 1.82) is 0 Å². The van der Waals surface area contributed by atoms with Crippen LogP contribution in [0.25, 0.3) is 105 Å². The Labute approximate surface area is 333 Å². The van der Waals surface area contributed by atoms with Crippen molar-refractivity contribution < 1.29 is 4.74 Å². The molecule has 0 fully saturated rings. The average Bonchev–Trinajstić information content (AvgIpc) is 3.93. The van der Waals surface area contributed by atoms with Gasteiger partial charge in [0.25, 0.3) is 0 Å². The summed E-state index contributed by atoms with van der Waals surface area (Å²) < 4.78 is 13.9. The molecule has 270 valence electrons. The van der Waals surface area contributed by atoms with Crippen LogP contribution in [0.2, 0.25) is 0 Å². The first-order chi connectivity index (χ1) is 28.8. The third-order valence-electron chi connectivity index (χ3n) is 12.2. The number of fused-ring (bicyclic) bond motifs is 11. The van der Waals surface area contributed by atoms with Crippen LogP contribution in [0.3, 0.4) is 0 Å². The molecule has 0 spiro atoms. The minimum absolute atomic E-state index is 0.866. The van der Waals surface area contributed by atoms with Crippen molar-refractivity contribution in [3.05, 3.63) is 200 Å². The van der Waals surface area contributed by atoms with Crippen LogP contribution in [-0.4, -0.2) is 13.7 Å². The lowest BCUT2D eigenvalue weighted by molar-refractivity contribution is 0.478. The van der Waals surface area contributed by atoms with E-state index in [9.17, 15) is 0 Å². The summed E-state index contributed by atoms with van der Waals surface area (Å²) in [5.74, 6) is 1.76. The lowest BCUT2D eigenvalue weighted by atomic mass is 10.0. The van der Waals surface area contributed by atoms with E-state index in [0.717, 1.165) is 39.5 Å². The lowest BCUT2D eigenvalue weighted by Gasteiger charge is -2.23. The molecule has 0 radical (unpaired) electrons. The fourth-order valence-corrected chi connectivity index (χ4v) is 9.67. The van der Waals surface area contributed by atoms with Crippen molar-refractivity contribution in [1.82, 2.24) is 13.7 Å². The largest absolute Gasteiger partial charge is 0.452 e. The molecular weight excluding hydrogens is 707 g/mol. The summed E-state index contributed by atoms with van der Waals surface area (Å²) in [6.07, 6.45) is 0. The standard InChI is InChI=1S/C54H33N3O/c1-2-12-37(13-3-1)55-46-17-7-5-15-41(46)44-32-35(24-30-49(44)55)36-25-31-50-45(33-36)42-16-6-8-18-47(42)56(50)38-26-22-34(23-27-38)39-28-29-43-40-14-4-9-19-48(40)57-51-20-10-11-21-52(51)58-54(39)53(43)57/h1-33H. The summed E-state index contributed by atoms with van der Waals surface area (Å²) in [4.78, 5) is 0. The molecule has 0 saturated carbocycles. The van der Waals surface area contributed by atoms with E-state index < -0.39 is 0 Å². The highest BCUT2D eigenvalue weighted by Gasteiger charge is 2.26. The highest BCUT2D eigenvalue weighted by atomic mass is 16.5. The Balaban J connectivity index is 0.932. The first-order valence-corrected chi connectivity index (χ1v) is 19.8. The van der Waals surface area contributed by atoms with Gasteiger partial charge in [0.05, 0.1) is 38.8 Å². The minimum Gasteiger partial charge on any atom is -0.452 e. The second-order valence-corrected chi connectivity index (χ2v) is 15.3. The topological polar surface area (TPSA) is 24.0 Å². The van der Waals surface area contributed by atoms with Gasteiger partial charge in [0.15, 0.2) is 11.5 Å². The maximum atomic E-state index is 6.77. The third kappa shape index (κ3) is 4.34. The molecule has 12 aromatic rings. The first-order valence-electron chi connectivity index (χ1n) is 19.8. The Morgan fingerprint density at radius 3 is 1.43 bits per heavy atom. The number of rotatable bonds is 4. The van der Waals surface area contributed by atoms with Crippen molar-refractivity contribution in [3.63, 3.8) is 0 Å². The molecule has 0 amide bonds. The third-order valence-corrected chi connectivity index (χ3v) is 12.2. The number of nitrogens with zero attached hydrogens (tertiary/aromatic N) is 3. The quantitative estimate of drug-likeness (QED) is 0.176. The van der Waals surface area contributed by atoms with Gasteiger partial charge < -0.3 is 18.4 Å². The second kappa shape index (κ2) is 11.8. The molecule has 4 heterocycles. The van der Waals surface area contributed by atoms with Crippen molar-refractivity contribution >= 4 is 65.4 Å². The number of benzene rings is 9. The molecule has 9 aromatic carbocycles. The normalized spacial score (nSPS) is 12.3. The maximum absolute atomic E-state index is 6.77. The van der Waals surface area contributed by atoms with E-state index in [4.69, 9.17) is 4.74 Å². The molecule has 0 atom stereocenters. The molecule has 0 bridgehead atoms. The summed E-state index contributed by atoms with van der Waals surface area (Å²) in [5, 5.41) is 7.41. The molecule has 58 heavy (non-hydrogen) atoms. The minimum atomic E-state index is 0.866. The summed E-state index contributed by atoms with van der Waals surface area (Å²) in [6, 6.07) is 72.4. The van der Waals surface area contributed by atoms with Crippen LogP contribution in [-0.2, 0) is 0 Å². The van der Waals surface area contributed by atoms with Gasteiger partial charge in [-0.05, 0) is 102 Å². The van der Waals surface area contributed by atoms with Crippen LogP contribution in [0.15, 0.2) is 200 Å². The molecule has 0 N–H and O–H groups in total. The number of ether oxygens (including phenoxy) is 1. The van der Waals surface area contributed by atoms with Crippen molar-refractivity contribution in [2.45, 2.75) is 0 Å². The zero-order valence-corrected chi connectivity index (χ0v) is 31.3. The van der Waals surface area contributed by atoms with Gasteiger partial charge >= 0.3 is 0 Å². The number of hydrogen-bond donors (Lipinski definition) is 0. The Morgan fingerprint density at radius 2 is 0.793 bits per heavy atom. The Hall–Kier alpha value is -7.82. The molecule has 1 aliphatic rings. The van der Waals surface area contributed by atoms with Crippen LogP contribution in [0.1, 0.15) is 0 Å². The molecule has 4 heteroatoms. The Kier molecular flexibility index (Phi) is 6.41. The second-order valence-electron chi connectivity index (χ2n) is 15.3. The Bertz CT molecular complexity index is 3640. The summed E-state index contributed by atoms with van der Waals surface area (Å²) in [7, 11) is 0. The van der Waals surface area contributed by atoms with E-state index in [1.54, 1.807) is 0 Å². The van der Waals surface area contributed by atoms with E-state index in [-0.39, 0.29) is 0 Å². The monoisotopic (exact) mass is 739 g/mol. The molecule has 4 nitrogen and oxygen atoms in total. The summed E-state index contributed by atoms with van der Waals surface area (Å²) >= 11 is 0.